The molecule has 0 aliphatic rings. The molecule has 0 unspecified atom stereocenters. The third kappa shape index (κ3) is 5.56. The molecule has 0 aromatic heterocycles. The van der Waals surface area contributed by atoms with Crippen LogP contribution in [0, 0.1) is 0 Å². The number of amides is 2. The average Bonchev–Trinajstić information content (AvgIpc) is 2.46. The summed E-state index contributed by atoms with van der Waals surface area (Å²) in [6, 6.07) is 11.3. The molecule has 0 fully saturated rings. The van der Waals surface area contributed by atoms with Crippen LogP contribution in [0.5, 0.6) is 0 Å². The first-order chi connectivity index (χ1) is 10.9. The summed E-state index contributed by atoms with van der Waals surface area (Å²) >= 11 is 17.4. The number of carbonyl (C=O) groups is 2. The van der Waals surface area contributed by atoms with Crippen LogP contribution in [0.2, 0.25) is 15.1 Å². The number of halogens is 3. The van der Waals surface area contributed by atoms with E-state index in [1.807, 2.05) is 0 Å². The standard InChI is InChI=1S/C15H10Cl3N3O2/c16-10-3-1-2-9(4-10)8-19-21-15(23)14(22)20-13-6-11(17)5-12(18)7-13/h1-8H,(H,20,22)(H,21,23)/b19-8-. The molecule has 0 atom stereocenters. The Hall–Kier alpha value is -2.08. The second kappa shape index (κ2) is 7.97. The molecule has 0 saturated heterocycles. The van der Waals surface area contributed by atoms with E-state index in [1.165, 1.54) is 24.4 Å². The Labute approximate surface area is 147 Å². The first-order valence-corrected chi connectivity index (χ1v) is 7.43. The zero-order valence-corrected chi connectivity index (χ0v) is 13.8. The van der Waals surface area contributed by atoms with Crippen molar-refractivity contribution in [3.8, 4) is 0 Å². The first kappa shape index (κ1) is 17.3. The van der Waals surface area contributed by atoms with Crippen LogP contribution in [0.15, 0.2) is 47.6 Å². The van der Waals surface area contributed by atoms with E-state index in [0.29, 0.717) is 26.3 Å². The molecule has 2 rings (SSSR count). The predicted octanol–water partition coefficient (Wildman–Crippen LogP) is 3.74. The van der Waals surface area contributed by atoms with Crippen molar-refractivity contribution in [1.82, 2.24) is 5.43 Å². The minimum Gasteiger partial charge on any atom is -0.318 e. The van der Waals surface area contributed by atoms with Gasteiger partial charge in [-0.3, -0.25) is 9.59 Å². The molecule has 0 spiro atoms. The van der Waals surface area contributed by atoms with Gasteiger partial charge in [-0.2, -0.15) is 5.10 Å². The van der Waals surface area contributed by atoms with Crippen LogP contribution >= 0.6 is 34.8 Å². The molecule has 2 aromatic carbocycles. The van der Waals surface area contributed by atoms with Crippen molar-refractivity contribution >= 4 is 58.5 Å². The molecule has 0 aliphatic carbocycles. The number of nitrogens with one attached hydrogen (secondary N) is 2. The van der Waals surface area contributed by atoms with Crippen LogP contribution in [0.25, 0.3) is 0 Å². The van der Waals surface area contributed by atoms with Gasteiger partial charge in [-0.1, -0.05) is 46.9 Å². The lowest BCUT2D eigenvalue weighted by Crippen LogP contribution is -2.32. The summed E-state index contributed by atoms with van der Waals surface area (Å²) in [5, 5.41) is 7.27. The predicted molar refractivity (Wildman–Crippen MR) is 92.3 cm³/mol. The lowest BCUT2D eigenvalue weighted by molar-refractivity contribution is -0.136. The van der Waals surface area contributed by atoms with E-state index >= 15 is 0 Å². The lowest BCUT2D eigenvalue weighted by atomic mass is 10.2. The molecule has 0 radical (unpaired) electrons. The van der Waals surface area contributed by atoms with Crippen molar-refractivity contribution in [3.05, 3.63) is 63.1 Å². The van der Waals surface area contributed by atoms with E-state index in [2.05, 4.69) is 15.8 Å². The topological polar surface area (TPSA) is 70.6 Å². The maximum Gasteiger partial charge on any atom is 0.329 e. The van der Waals surface area contributed by atoms with Crippen LogP contribution in [0.3, 0.4) is 0 Å². The van der Waals surface area contributed by atoms with Crippen molar-refractivity contribution in [3.63, 3.8) is 0 Å². The Morgan fingerprint density at radius 1 is 0.913 bits per heavy atom. The van der Waals surface area contributed by atoms with Gasteiger partial charge in [0.25, 0.3) is 0 Å². The van der Waals surface area contributed by atoms with Gasteiger partial charge in [0.1, 0.15) is 0 Å². The van der Waals surface area contributed by atoms with E-state index in [9.17, 15) is 9.59 Å². The van der Waals surface area contributed by atoms with Gasteiger partial charge < -0.3 is 5.32 Å². The molecule has 23 heavy (non-hydrogen) atoms. The Kier molecular flexibility index (Phi) is 5.98. The van der Waals surface area contributed by atoms with Crippen LogP contribution in [-0.2, 0) is 9.59 Å². The van der Waals surface area contributed by atoms with Crippen LogP contribution in [0.1, 0.15) is 5.56 Å². The Morgan fingerprint density at radius 2 is 1.61 bits per heavy atom. The summed E-state index contributed by atoms with van der Waals surface area (Å²) < 4.78 is 0. The highest BCUT2D eigenvalue weighted by molar-refractivity contribution is 6.40. The van der Waals surface area contributed by atoms with Gasteiger partial charge >= 0.3 is 11.8 Å². The maximum atomic E-state index is 11.7. The van der Waals surface area contributed by atoms with Gasteiger partial charge in [0.05, 0.1) is 6.21 Å². The molecule has 2 N–H and O–H groups in total. The summed E-state index contributed by atoms with van der Waals surface area (Å²) in [5.74, 6) is -1.83. The minimum absolute atomic E-state index is 0.307. The first-order valence-electron chi connectivity index (χ1n) is 6.30. The number of hydrogen-bond acceptors (Lipinski definition) is 3. The zero-order valence-electron chi connectivity index (χ0n) is 11.5. The molecule has 2 aromatic rings. The maximum absolute atomic E-state index is 11.7. The van der Waals surface area contributed by atoms with Gasteiger partial charge in [0, 0.05) is 20.8 Å². The van der Waals surface area contributed by atoms with E-state index < -0.39 is 11.8 Å². The summed E-state index contributed by atoms with van der Waals surface area (Å²) in [6.07, 6.45) is 1.37. The van der Waals surface area contributed by atoms with E-state index in [1.54, 1.807) is 24.3 Å². The van der Waals surface area contributed by atoms with Crippen molar-refractivity contribution in [2.75, 3.05) is 5.32 Å². The highest BCUT2D eigenvalue weighted by Gasteiger charge is 2.13. The number of hydrazone groups is 1. The number of nitrogens with zero attached hydrogens (tertiary/aromatic N) is 1. The minimum atomic E-state index is -0.931. The molecule has 5 nitrogen and oxygen atoms in total. The SMILES string of the molecule is O=C(N/N=C\c1cccc(Cl)c1)C(=O)Nc1cc(Cl)cc(Cl)c1. The second-order valence-corrected chi connectivity index (χ2v) is 5.68. The number of anilines is 1. The van der Waals surface area contributed by atoms with Gasteiger partial charge in [0.2, 0.25) is 0 Å². The normalized spacial score (nSPS) is 10.6. The Balaban J connectivity index is 1.93. The largest absolute Gasteiger partial charge is 0.329 e. The van der Waals surface area contributed by atoms with E-state index in [0.717, 1.165) is 0 Å². The highest BCUT2D eigenvalue weighted by atomic mass is 35.5. The number of hydrogen-bond donors (Lipinski definition) is 2. The Morgan fingerprint density at radius 3 is 2.26 bits per heavy atom. The molecule has 8 heteroatoms. The number of rotatable bonds is 3. The van der Waals surface area contributed by atoms with Crippen molar-refractivity contribution < 1.29 is 9.59 Å². The molecular weight excluding hydrogens is 361 g/mol. The summed E-state index contributed by atoms with van der Waals surface area (Å²) in [6.45, 7) is 0. The third-order valence-electron chi connectivity index (χ3n) is 2.56. The molecule has 118 valence electrons. The van der Waals surface area contributed by atoms with Gasteiger partial charge in [-0.05, 0) is 35.9 Å². The molecule has 0 heterocycles. The fourth-order valence-corrected chi connectivity index (χ4v) is 2.34. The van der Waals surface area contributed by atoms with E-state index in [4.69, 9.17) is 34.8 Å². The Bertz CT molecular complexity index is 758. The molecule has 0 aliphatic heterocycles. The molecule has 0 saturated carbocycles. The van der Waals surface area contributed by atoms with Gasteiger partial charge in [-0.25, -0.2) is 5.43 Å². The zero-order chi connectivity index (χ0) is 16.8. The summed E-state index contributed by atoms with van der Waals surface area (Å²) in [4.78, 5) is 23.4. The number of benzene rings is 2. The monoisotopic (exact) mass is 369 g/mol. The van der Waals surface area contributed by atoms with Gasteiger partial charge in [-0.15, -0.1) is 0 Å². The van der Waals surface area contributed by atoms with E-state index in [-0.39, 0.29) is 0 Å². The summed E-state index contributed by atoms with van der Waals surface area (Å²) in [7, 11) is 0. The van der Waals surface area contributed by atoms with Crippen molar-refractivity contribution in [1.29, 1.82) is 0 Å². The van der Waals surface area contributed by atoms with Crippen LogP contribution in [-0.4, -0.2) is 18.0 Å². The fourth-order valence-electron chi connectivity index (χ4n) is 1.62. The quantitative estimate of drug-likeness (QED) is 0.491. The van der Waals surface area contributed by atoms with Crippen LogP contribution < -0.4 is 10.7 Å². The lowest BCUT2D eigenvalue weighted by Gasteiger charge is -2.05. The highest BCUT2D eigenvalue weighted by Crippen LogP contribution is 2.22. The van der Waals surface area contributed by atoms with Crippen LogP contribution in [0.4, 0.5) is 5.69 Å². The smallest absolute Gasteiger partial charge is 0.318 e. The van der Waals surface area contributed by atoms with Crippen molar-refractivity contribution in [2.24, 2.45) is 5.10 Å². The average molecular weight is 371 g/mol. The third-order valence-corrected chi connectivity index (χ3v) is 3.23. The number of carbonyl (C=O) groups excluding carboxylic acids is 2. The second-order valence-electron chi connectivity index (χ2n) is 4.37. The molecule has 0 bridgehead atoms. The van der Waals surface area contributed by atoms with Gasteiger partial charge in [0.15, 0.2) is 0 Å². The van der Waals surface area contributed by atoms with Crippen molar-refractivity contribution in [2.45, 2.75) is 0 Å². The fraction of sp³-hybridized carbons (Fsp3) is 0. The molecular formula is C15H10Cl3N3O2. The summed E-state index contributed by atoms with van der Waals surface area (Å²) in [5.41, 5.74) is 3.10. The molecule has 2 amide bonds.